The number of nitrogens with one attached hydrogen (secondary N) is 1. The molecule has 124 valence electrons. The molecule has 1 aliphatic rings. The topological polar surface area (TPSA) is 80.5 Å². The third-order valence-corrected chi connectivity index (χ3v) is 4.87. The summed E-state index contributed by atoms with van der Waals surface area (Å²) in [5.41, 5.74) is 0.998. The lowest BCUT2D eigenvalue weighted by Gasteiger charge is -2.35. The Morgan fingerprint density at radius 3 is 3.00 bits per heavy atom. The van der Waals surface area contributed by atoms with Gasteiger partial charge in [-0.15, -0.1) is 11.3 Å². The molecule has 1 saturated heterocycles. The zero-order chi connectivity index (χ0) is 16.4. The van der Waals surface area contributed by atoms with E-state index in [0.717, 1.165) is 10.7 Å². The minimum Gasteiger partial charge on any atom is -0.368 e. The number of nitrogens with zero attached hydrogens (tertiary/aromatic N) is 3. The number of thiazole rings is 1. The van der Waals surface area contributed by atoms with Crippen molar-refractivity contribution in [3.8, 4) is 0 Å². The molecule has 23 heavy (non-hydrogen) atoms. The number of aromatic nitrogens is 2. The van der Waals surface area contributed by atoms with Crippen LogP contribution < -0.4 is 5.32 Å². The normalized spacial score (nSPS) is 20.4. The van der Waals surface area contributed by atoms with Crippen LogP contribution in [-0.2, 0) is 9.53 Å². The highest BCUT2D eigenvalue weighted by Crippen LogP contribution is 2.26. The van der Waals surface area contributed by atoms with Crippen LogP contribution in [0.3, 0.4) is 0 Å². The number of aryl methyl sites for hydroxylation is 2. The number of carbonyl (C=O) groups is 1. The molecule has 0 saturated carbocycles. The maximum atomic E-state index is 12.4. The van der Waals surface area contributed by atoms with Gasteiger partial charge in [0, 0.05) is 30.2 Å². The molecule has 8 heteroatoms. The van der Waals surface area contributed by atoms with Gasteiger partial charge in [-0.3, -0.25) is 9.69 Å². The zero-order valence-corrected chi connectivity index (χ0v) is 14.2. The molecule has 0 unspecified atom stereocenters. The first-order valence-electron chi connectivity index (χ1n) is 7.55. The number of rotatable bonds is 4. The second-order valence-electron chi connectivity index (χ2n) is 5.67. The number of anilines is 1. The molecule has 2 atom stereocenters. The van der Waals surface area contributed by atoms with E-state index >= 15 is 0 Å². The van der Waals surface area contributed by atoms with Crippen molar-refractivity contribution in [1.29, 1.82) is 0 Å². The van der Waals surface area contributed by atoms with Gasteiger partial charge in [-0.1, -0.05) is 5.16 Å². The van der Waals surface area contributed by atoms with Crippen LogP contribution in [0.2, 0.25) is 0 Å². The Balaban J connectivity index is 1.62. The molecule has 0 aromatic carbocycles. The lowest BCUT2D eigenvalue weighted by Crippen LogP contribution is -2.48. The van der Waals surface area contributed by atoms with Crippen molar-refractivity contribution in [2.75, 3.05) is 25.0 Å². The highest BCUT2D eigenvalue weighted by molar-refractivity contribution is 7.09. The van der Waals surface area contributed by atoms with Gasteiger partial charge in [0.2, 0.25) is 5.91 Å². The fourth-order valence-corrected chi connectivity index (χ4v) is 3.35. The summed E-state index contributed by atoms with van der Waals surface area (Å²) >= 11 is 1.60. The molecular weight excluding hydrogens is 316 g/mol. The largest absolute Gasteiger partial charge is 0.368 e. The Labute approximate surface area is 138 Å². The molecule has 0 radical (unpaired) electrons. The van der Waals surface area contributed by atoms with Crippen molar-refractivity contribution in [1.82, 2.24) is 15.0 Å². The molecule has 0 spiro atoms. The van der Waals surface area contributed by atoms with Gasteiger partial charge in [-0.2, -0.15) is 0 Å². The van der Waals surface area contributed by atoms with E-state index in [0.29, 0.717) is 31.3 Å². The van der Waals surface area contributed by atoms with E-state index in [1.165, 1.54) is 0 Å². The van der Waals surface area contributed by atoms with Gasteiger partial charge in [0.15, 0.2) is 5.82 Å². The summed E-state index contributed by atoms with van der Waals surface area (Å²) in [7, 11) is 0. The van der Waals surface area contributed by atoms with Crippen molar-refractivity contribution >= 4 is 23.1 Å². The van der Waals surface area contributed by atoms with Crippen LogP contribution in [0.15, 0.2) is 16.0 Å². The SMILES string of the molecule is Cc1csc([C@@H]2CN([C@H](C)C(=O)Nc3cc(C)on3)CCO2)n1. The second kappa shape index (κ2) is 6.77. The standard InChI is InChI=1S/C15H20N4O3S/c1-9-8-23-15(16-9)12-7-19(4-5-21-12)11(3)14(20)17-13-6-10(2)22-18-13/h6,8,11-12H,4-5,7H2,1-3H3,(H,17,18,20)/t11-,12+/m1/s1. The van der Waals surface area contributed by atoms with Gasteiger partial charge in [0.25, 0.3) is 0 Å². The van der Waals surface area contributed by atoms with Gasteiger partial charge in [-0.25, -0.2) is 4.98 Å². The number of hydrogen-bond donors (Lipinski definition) is 1. The van der Waals surface area contributed by atoms with Crippen LogP contribution in [0.1, 0.15) is 29.5 Å². The Bertz CT molecular complexity index is 684. The van der Waals surface area contributed by atoms with Gasteiger partial charge in [-0.05, 0) is 20.8 Å². The Morgan fingerprint density at radius 2 is 2.35 bits per heavy atom. The molecule has 1 aliphatic heterocycles. The maximum Gasteiger partial charge on any atom is 0.242 e. The minimum atomic E-state index is -0.278. The highest BCUT2D eigenvalue weighted by atomic mass is 32.1. The van der Waals surface area contributed by atoms with E-state index in [-0.39, 0.29) is 18.1 Å². The number of ether oxygens (including phenoxy) is 1. The second-order valence-corrected chi connectivity index (χ2v) is 6.56. The first kappa shape index (κ1) is 16.1. The van der Waals surface area contributed by atoms with Crippen LogP contribution >= 0.6 is 11.3 Å². The minimum absolute atomic E-state index is 0.0769. The number of hydrogen-bond acceptors (Lipinski definition) is 7. The number of amides is 1. The summed E-state index contributed by atoms with van der Waals surface area (Å²) in [5.74, 6) is 1.01. The summed E-state index contributed by atoms with van der Waals surface area (Å²) in [4.78, 5) is 19.0. The van der Waals surface area contributed by atoms with Gasteiger partial charge >= 0.3 is 0 Å². The monoisotopic (exact) mass is 336 g/mol. The first-order chi connectivity index (χ1) is 11.0. The van der Waals surface area contributed by atoms with Crippen LogP contribution in [-0.4, -0.2) is 46.7 Å². The maximum absolute atomic E-state index is 12.4. The quantitative estimate of drug-likeness (QED) is 0.921. The molecule has 1 amide bonds. The third kappa shape index (κ3) is 3.77. The predicted molar refractivity (Wildman–Crippen MR) is 86.4 cm³/mol. The fraction of sp³-hybridized carbons (Fsp3) is 0.533. The smallest absolute Gasteiger partial charge is 0.242 e. The van der Waals surface area contributed by atoms with E-state index in [9.17, 15) is 4.79 Å². The van der Waals surface area contributed by atoms with Crippen molar-refractivity contribution in [2.24, 2.45) is 0 Å². The molecule has 3 heterocycles. The molecule has 2 aromatic rings. The highest BCUT2D eigenvalue weighted by Gasteiger charge is 2.30. The summed E-state index contributed by atoms with van der Waals surface area (Å²) in [5, 5.41) is 9.55. The molecule has 0 aliphatic carbocycles. The Hall–Kier alpha value is -1.77. The van der Waals surface area contributed by atoms with Crippen molar-refractivity contribution in [3.63, 3.8) is 0 Å². The molecule has 7 nitrogen and oxygen atoms in total. The van der Waals surface area contributed by atoms with E-state index < -0.39 is 0 Å². The van der Waals surface area contributed by atoms with Crippen LogP contribution in [0, 0.1) is 13.8 Å². The van der Waals surface area contributed by atoms with Crippen LogP contribution in [0.4, 0.5) is 5.82 Å². The average molecular weight is 336 g/mol. The van der Waals surface area contributed by atoms with Crippen molar-refractivity contribution < 1.29 is 14.1 Å². The van der Waals surface area contributed by atoms with Gasteiger partial charge in [0.05, 0.1) is 12.6 Å². The first-order valence-corrected chi connectivity index (χ1v) is 8.43. The van der Waals surface area contributed by atoms with Gasteiger partial charge < -0.3 is 14.6 Å². The van der Waals surface area contributed by atoms with Crippen LogP contribution in [0.25, 0.3) is 0 Å². The lowest BCUT2D eigenvalue weighted by atomic mass is 10.2. The van der Waals surface area contributed by atoms with Crippen molar-refractivity contribution in [3.05, 3.63) is 27.9 Å². The molecule has 1 N–H and O–H groups in total. The molecule has 2 aromatic heterocycles. The van der Waals surface area contributed by atoms with E-state index in [2.05, 4.69) is 20.4 Å². The molecule has 3 rings (SSSR count). The van der Waals surface area contributed by atoms with E-state index in [1.807, 2.05) is 19.2 Å². The molecule has 1 fully saturated rings. The summed E-state index contributed by atoms with van der Waals surface area (Å²) in [6.07, 6.45) is -0.0769. The lowest BCUT2D eigenvalue weighted by molar-refractivity contribution is -0.124. The zero-order valence-electron chi connectivity index (χ0n) is 13.4. The summed E-state index contributed by atoms with van der Waals surface area (Å²) < 4.78 is 10.8. The number of carbonyl (C=O) groups excluding carboxylic acids is 1. The third-order valence-electron chi connectivity index (χ3n) is 3.82. The summed E-state index contributed by atoms with van der Waals surface area (Å²) in [6, 6.07) is 1.42. The average Bonchev–Trinajstić information content (AvgIpc) is 3.15. The molecule has 0 bridgehead atoms. The number of morpholine rings is 1. The van der Waals surface area contributed by atoms with E-state index in [4.69, 9.17) is 9.26 Å². The van der Waals surface area contributed by atoms with Gasteiger partial charge in [0.1, 0.15) is 16.9 Å². The Kier molecular flexibility index (Phi) is 4.74. The molecular formula is C15H20N4O3S. The van der Waals surface area contributed by atoms with E-state index in [1.54, 1.807) is 24.3 Å². The van der Waals surface area contributed by atoms with Crippen molar-refractivity contribution in [2.45, 2.75) is 32.9 Å². The Morgan fingerprint density at radius 1 is 1.52 bits per heavy atom. The predicted octanol–water partition coefficient (Wildman–Crippen LogP) is 2.15. The van der Waals surface area contributed by atoms with Crippen LogP contribution in [0.5, 0.6) is 0 Å². The summed E-state index contributed by atoms with van der Waals surface area (Å²) in [6.45, 7) is 7.60. The fourth-order valence-electron chi connectivity index (χ4n) is 2.51.